The zero-order valence-corrected chi connectivity index (χ0v) is 17.3. The van der Waals surface area contributed by atoms with Gasteiger partial charge in [-0.2, -0.15) is 0 Å². The first-order valence-electron chi connectivity index (χ1n) is 9.37. The van der Waals surface area contributed by atoms with Gasteiger partial charge in [0.1, 0.15) is 5.01 Å². The number of piperidine rings is 1. The van der Waals surface area contributed by atoms with E-state index in [2.05, 4.69) is 36.3 Å². The van der Waals surface area contributed by atoms with E-state index in [0.717, 1.165) is 37.4 Å². The summed E-state index contributed by atoms with van der Waals surface area (Å²) in [5.41, 5.74) is 0. The van der Waals surface area contributed by atoms with E-state index in [9.17, 15) is 9.59 Å². The van der Waals surface area contributed by atoms with E-state index >= 15 is 0 Å². The van der Waals surface area contributed by atoms with Gasteiger partial charge in [0.15, 0.2) is 0 Å². The first kappa shape index (κ1) is 20.8. The maximum Gasteiger partial charge on any atom is 0.240 e. The average molecular weight is 382 g/mol. The molecule has 1 atom stereocenters. The van der Waals surface area contributed by atoms with Gasteiger partial charge in [0.05, 0.1) is 12.6 Å². The number of aromatic nitrogens is 2. The van der Waals surface area contributed by atoms with Gasteiger partial charge in [-0.25, -0.2) is 0 Å². The predicted octanol–water partition coefficient (Wildman–Crippen LogP) is 2.25. The van der Waals surface area contributed by atoms with Crippen molar-refractivity contribution >= 4 is 28.3 Å². The number of amides is 2. The molecule has 1 N–H and O–H groups in total. The highest BCUT2D eigenvalue weighted by Gasteiger charge is 2.27. The monoisotopic (exact) mass is 381 g/mol. The number of nitrogens with zero attached hydrogens (tertiary/aromatic N) is 4. The van der Waals surface area contributed by atoms with Gasteiger partial charge in [0.2, 0.25) is 16.9 Å². The van der Waals surface area contributed by atoms with Crippen LogP contribution in [0.3, 0.4) is 0 Å². The number of nitrogens with one attached hydrogen (secondary N) is 1. The van der Waals surface area contributed by atoms with Crippen LogP contribution in [0.15, 0.2) is 0 Å². The molecule has 26 heavy (non-hydrogen) atoms. The molecule has 1 saturated heterocycles. The van der Waals surface area contributed by atoms with E-state index in [0.29, 0.717) is 17.0 Å². The van der Waals surface area contributed by atoms with Gasteiger partial charge in [-0.1, -0.05) is 32.1 Å². The molecule has 1 aromatic rings. The van der Waals surface area contributed by atoms with Crippen LogP contribution in [-0.2, 0) is 16.0 Å². The van der Waals surface area contributed by atoms with Crippen LogP contribution in [0.1, 0.15) is 45.5 Å². The number of hydrogen-bond acceptors (Lipinski definition) is 6. The maximum atomic E-state index is 12.6. The Kier molecular flexibility index (Phi) is 7.52. The lowest BCUT2D eigenvalue weighted by molar-refractivity contribution is -0.137. The average Bonchev–Trinajstić information content (AvgIpc) is 2.99. The van der Waals surface area contributed by atoms with E-state index in [4.69, 9.17) is 0 Å². The Hall–Kier alpha value is -1.54. The van der Waals surface area contributed by atoms with Crippen LogP contribution >= 0.6 is 11.3 Å². The van der Waals surface area contributed by atoms with Gasteiger partial charge < -0.3 is 4.90 Å². The Morgan fingerprint density at radius 1 is 1.27 bits per heavy atom. The molecule has 0 unspecified atom stereocenters. The highest BCUT2D eigenvalue weighted by molar-refractivity contribution is 7.15. The molecule has 0 radical (unpaired) electrons. The van der Waals surface area contributed by atoms with Gasteiger partial charge in [0.25, 0.3) is 0 Å². The van der Waals surface area contributed by atoms with Gasteiger partial charge in [-0.3, -0.25) is 19.8 Å². The molecule has 1 aromatic heterocycles. The van der Waals surface area contributed by atoms with E-state index in [1.165, 1.54) is 11.3 Å². The molecule has 0 bridgehead atoms. The SMILES string of the molecule is CC(C)Cc1nnc(NC(=O)CN(C)[C@H](C)C(=O)N2CCC(C)CC2)s1. The third-order valence-electron chi connectivity index (χ3n) is 4.80. The minimum Gasteiger partial charge on any atom is -0.341 e. The van der Waals surface area contributed by atoms with Crippen molar-refractivity contribution in [2.75, 3.05) is 32.0 Å². The molecular weight excluding hydrogens is 350 g/mol. The normalized spacial score (nSPS) is 17.0. The fraction of sp³-hybridized carbons (Fsp3) is 0.778. The highest BCUT2D eigenvalue weighted by atomic mass is 32.1. The summed E-state index contributed by atoms with van der Waals surface area (Å²) in [6.45, 7) is 10.1. The molecule has 2 heterocycles. The largest absolute Gasteiger partial charge is 0.341 e. The second-order valence-corrected chi connectivity index (χ2v) is 8.81. The van der Waals surface area contributed by atoms with Crippen LogP contribution in [0.25, 0.3) is 0 Å². The molecule has 1 fully saturated rings. The van der Waals surface area contributed by atoms with Crippen LogP contribution in [0.5, 0.6) is 0 Å². The molecule has 1 aliphatic rings. The van der Waals surface area contributed by atoms with Crippen molar-refractivity contribution in [2.24, 2.45) is 11.8 Å². The summed E-state index contributed by atoms with van der Waals surface area (Å²) in [6.07, 6.45) is 2.96. The lowest BCUT2D eigenvalue weighted by Gasteiger charge is -2.34. The molecule has 0 aliphatic carbocycles. The summed E-state index contributed by atoms with van der Waals surface area (Å²) in [7, 11) is 1.80. The number of rotatable bonds is 7. The third-order valence-corrected chi connectivity index (χ3v) is 5.66. The lowest BCUT2D eigenvalue weighted by atomic mass is 9.99. The van der Waals surface area contributed by atoms with Gasteiger partial charge in [-0.05, 0) is 38.6 Å². The van der Waals surface area contributed by atoms with E-state index in [1.54, 1.807) is 11.9 Å². The molecule has 2 amide bonds. The van der Waals surface area contributed by atoms with Crippen LogP contribution in [-0.4, -0.2) is 64.5 Å². The van der Waals surface area contributed by atoms with Crippen LogP contribution in [0.4, 0.5) is 5.13 Å². The number of carbonyl (C=O) groups is 2. The minimum absolute atomic E-state index is 0.0994. The number of carbonyl (C=O) groups excluding carboxylic acids is 2. The van der Waals surface area contributed by atoms with E-state index in [1.807, 2.05) is 11.8 Å². The number of hydrogen-bond donors (Lipinski definition) is 1. The van der Waals surface area contributed by atoms with Crippen LogP contribution in [0, 0.1) is 11.8 Å². The Morgan fingerprint density at radius 3 is 2.54 bits per heavy atom. The fourth-order valence-electron chi connectivity index (χ4n) is 2.94. The lowest BCUT2D eigenvalue weighted by Crippen LogP contribution is -2.49. The maximum absolute atomic E-state index is 12.6. The topological polar surface area (TPSA) is 78.4 Å². The standard InChI is InChI=1S/C18H31N5O2S/c1-12(2)10-16-20-21-18(26-16)19-15(24)11-22(5)14(4)17(25)23-8-6-13(3)7-9-23/h12-14H,6-11H2,1-5H3,(H,19,21,24)/t14-/m1/s1. The van der Waals surface area contributed by atoms with Gasteiger partial charge in [0, 0.05) is 19.5 Å². The number of likely N-dealkylation sites (N-methyl/N-ethyl adjacent to an activating group) is 1. The highest BCUT2D eigenvalue weighted by Crippen LogP contribution is 2.19. The molecule has 7 nitrogen and oxygen atoms in total. The molecule has 1 aliphatic heterocycles. The first-order chi connectivity index (χ1) is 12.3. The molecule has 2 rings (SSSR count). The van der Waals surface area contributed by atoms with Crippen LogP contribution < -0.4 is 5.32 Å². The molecule has 0 saturated carbocycles. The molecule has 146 valence electrons. The zero-order chi connectivity index (χ0) is 19.3. The Morgan fingerprint density at radius 2 is 1.92 bits per heavy atom. The second-order valence-electron chi connectivity index (χ2n) is 7.75. The summed E-state index contributed by atoms with van der Waals surface area (Å²) in [4.78, 5) is 28.6. The van der Waals surface area contributed by atoms with Crippen molar-refractivity contribution in [3.05, 3.63) is 5.01 Å². The summed E-state index contributed by atoms with van der Waals surface area (Å²) in [5, 5.41) is 12.3. The summed E-state index contributed by atoms with van der Waals surface area (Å²) >= 11 is 1.41. The Labute approximate surface area is 160 Å². The van der Waals surface area contributed by atoms with Gasteiger partial charge in [-0.15, -0.1) is 10.2 Å². The summed E-state index contributed by atoms with van der Waals surface area (Å²) < 4.78 is 0. The molecule has 8 heteroatoms. The van der Waals surface area contributed by atoms with Crippen molar-refractivity contribution in [3.8, 4) is 0 Å². The quantitative estimate of drug-likeness (QED) is 0.784. The van der Waals surface area contributed by atoms with Crippen molar-refractivity contribution in [1.29, 1.82) is 0 Å². The zero-order valence-electron chi connectivity index (χ0n) is 16.5. The van der Waals surface area contributed by atoms with E-state index < -0.39 is 0 Å². The fourth-order valence-corrected chi connectivity index (χ4v) is 3.91. The van der Waals surface area contributed by atoms with Crippen molar-refractivity contribution < 1.29 is 9.59 Å². The Balaban J connectivity index is 1.81. The molecular formula is C18H31N5O2S. The predicted molar refractivity (Wildman–Crippen MR) is 104 cm³/mol. The second kappa shape index (κ2) is 9.41. The molecule has 0 aromatic carbocycles. The third kappa shape index (κ3) is 6.02. The van der Waals surface area contributed by atoms with Crippen LogP contribution in [0.2, 0.25) is 0 Å². The minimum atomic E-state index is -0.319. The van der Waals surface area contributed by atoms with Crippen molar-refractivity contribution in [3.63, 3.8) is 0 Å². The van der Waals surface area contributed by atoms with Crippen molar-refractivity contribution in [1.82, 2.24) is 20.0 Å². The summed E-state index contributed by atoms with van der Waals surface area (Å²) in [5.74, 6) is 1.11. The van der Waals surface area contributed by atoms with Gasteiger partial charge >= 0.3 is 0 Å². The van der Waals surface area contributed by atoms with Crippen molar-refractivity contribution in [2.45, 2.75) is 53.0 Å². The molecule has 0 spiro atoms. The number of likely N-dealkylation sites (tertiary alicyclic amines) is 1. The smallest absolute Gasteiger partial charge is 0.240 e. The van der Waals surface area contributed by atoms with E-state index in [-0.39, 0.29) is 24.4 Å². The first-order valence-corrected chi connectivity index (χ1v) is 10.2. The number of anilines is 1. The Bertz CT molecular complexity index is 610. The summed E-state index contributed by atoms with van der Waals surface area (Å²) in [6, 6.07) is -0.319.